The molecule has 0 fully saturated rings. The van der Waals surface area contributed by atoms with Crippen molar-refractivity contribution < 1.29 is 8.42 Å². The van der Waals surface area contributed by atoms with E-state index in [1.165, 1.54) is 6.33 Å². The molecule has 1 rings (SSSR count). The third kappa shape index (κ3) is 4.61. The van der Waals surface area contributed by atoms with Gasteiger partial charge in [0.05, 0.1) is 11.8 Å². The molecule has 6 nitrogen and oxygen atoms in total. The standard InChI is InChI=1S/C9H17ClN4O2S/c1-8(9-12-11-7-14(9)2)13-17(15,16)6-4-3-5-10/h7-8,13H,3-6H2,1-2H3. The largest absolute Gasteiger partial charge is 0.319 e. The van der Waals surface area contributed by atoms with Gasteiger partial charge in [0.15, 0.2) is 0 Å². The fourth-order valence-corrected chi connectivity index (χ4v) is 2.99. The number of hydrogen-bond donors (Lipinski definition) is 1. The molecule has 0 bridgehead atoms. The third-order valence-electron chi connectivity index (χ3n) is 2.29. The summed E-state index contributed by atoms with van der Waals surface area (Å²) in [5.74, 6) is 1.15. The zero-order valence-electron chi connectivity index (χ0n) is 9.93. The molecule has 17 heavy (non-hydrogen) atoms. The Hall–Kier alpha value is -0.660. The number of halogens is 1. The molecule has 1 atom stereocenters. The van der Waals surface area contributed by atoms with E-state index in [-0.39, 0.29) is 11.8 Å². The minimum Gasteiger partial charge on any atom is -0.319 e. The summed E-state index contributed by atoms with van der Waals surface area (Å²) in [4.78, 5) is 0. The fraction of sp³-hybridized carbons (Fsp3) is 0.778. The molecule has 1 unspecified atom stereocenters. The van der Waals surface area contributed by atoms with Crippen LogP contribution in [0.1, 0.15) is 31.6 Å². The number of aryl methyl sites for hydroxylation is 1. The number of rotatable bonds is 7. The van der Waals surface area contributed by atoms with E-state index in [2.05, 4.69) is 14.9 Å². The Kier molecular flexibility index (Phi) is 5.35. The molecule has 0 aromatic carbocycles. The minimum atomic E-state index is -3.29. The molecule has 1 aromatic rings. The summed E-state index contributed by atoms with van der Waals surface area (Å²) in [6, 6.07) is -0.386. The van der Waals surface area contributed by atoms with Gasteiger partial charge in [0.25, 0.3) is 0 Å². The number of hydrogen-bond acceptors (Lipinski definition) is 4. The van der Waals surface area contributed by atoms with Gasteiger partial charge in [-0.05, 0) is 19.8 Å². The lowest BCUT2D eigenvalue weighted by atomic mass is 10.3. The van der Waals surface area contributed by atoms with Crippen LogP contribution in [0.25, 0.3) is 0 Å². The van der Waals surface area contributed by atoms with Crippen LogP contribution in [0.2, 0.25) is 0 Å². The van der Waals surface area contributed by atoms with E-state index in [4.69, 9.17) is 11.6 Å². The molecule has 0 spiro atoms. The van der Waals surface area contributed by atoms with Crippen LogP contribution in [-0.2, 0) is 17.1 Å². The summed E-state index contributed by atoms with van der Waals surface area (Å²) < 4.78 is 27.7. The highest BCUT2D eigenvalue weighted by Crippen LogP contribution is 2.09. The molecule has 0 saturated heterocycles. The van der Waals surface area contributed by atoms with Crippen LogP contribution in [0.15, 0.2) is 6.33 Å². The Morgan fingerprint density at radius 2 is 2.24 bits per heavy atom. The molecule has 0 radical (unpaired) electrons. The van der Waals surface area contributed by atoms with Crippen molar-refractivity contribution in [3.8, 4) is 0 Å². The van der Waals surface area contributed by atoms with E-state index in [9.17, 15) is 8.42 Å². The SMILES string of the molecule is CC(NS(=O)(=O)CCCCCl)c1nncn1C. The van der Waals surface area contributed by atoms with Crippen LogP contribution >= 0.6 is 11.6 Å². The molecule has 0 aliphatic rings. The molecule has 0 aliphatic carbocycles. The number of alkyl halides is 1. The number of sulfonamides is 1. The Morgan fingerprint density at radius 1 is 1.53 bits per heavy atom. The van der Waals surface area contributed by atoms with Crippen molar-refractivity contribution >= 4 is 21.6 Å². The second-order valence-electron chi connectivity index (χ2n) is 3.85. The predicted octanol–water partition coefficient (Wildman–Crippen LogP) is 0.814. The highest BCUT2D eigenvalue weighted by Gasteiger charge is 2.18. The first-order chi connectivity index (χ1) is 7.96. The summed E-state index contributed by atoms with van der Waals surface area (Å²) in [6.45, 7) is 1.74. The molecule has 98 valence electrons. The topological polar surface area (TPSA) is 76.9 Å². The number of nitrogens with zero attached hydrogens (tertiary/aromatic N) is 3. The van der Waals surface area contributed by atoms with E-state index in [0.717, 1.165) is 0 Å². The van der Waals surface area contributed by atoms with Gasteiger partial charge in [-0.2, -0.15) is 0 Å². The first-order valence-corrected chi connectivity index (χ1v) is 7.55. The summed E-state index contributed by atoms with van der Waals surface area (Å²) in [7, 11) is -1.51. The van der Waals surface area contributed by atoms with Gasteiger partial charge in [0.1, 0.15) is 12.2 Å². The summed E-state index contributed by atoms with van der Waals surface area (Å²) >= 11 is 5.50. The maximum atomic E-state index is 11.7. The molecule has 1 heterocycles. The van der Waals surface area contributed by atoms with E-state index in [1.54, 1.807) is 18.5 Å². The number of nitrogens with one attached hydrogen (secondary N) is 1. The maximum Gasteiger partial charge on any atom is 0.212 e. The van der Waals surface area contributed by atoms with E-state index < -0.39 is 10.0 Å². The molecule has 0 saturated carbocycles. The molecular weight excluding hydrogens is 264 g/mol. The highest BCUT2D eigenvalue weighted by molar-refractivity contribution is 7.89. The third-order valence-corrected chi connectivity index (χ3v) is 4.09. The smallest absolute Gasteiger partial charge is 0.212 e. The summed E-state index contributed by atoms with van der Waals surface area (Å²) in [6.07, 6.45) is 2.79. The normalized spacial score (nSPS) is 13.8. The van der Waals surface area contributed by atoms with Gasteiger partial charge in [-0.25, -0.2) is 13.1 Å². The maximum absolute atomic E-state index is 11.7. The molecule has 1 aromatic heterocycles. The lowest BCUT2D eigenvalue weighted by Gasteiger charge is -2.13. The average Bonchev–Trinajstić information content (AvgIpc) is 2.64. The first kappa shape index (κ1) is 14.4. The van der Waals surface area contributed by atoms with Crippen molar-refractivity contribution in [2.24, 2.45) is 7.05 Å². The van der Waals surface area contributed by atoms with Crippen LogP contribution in [0, 0.1) is 0 Å². The average molecular weight is 281 g/mol. The predicted molar refractivity (Wildman–Crippen MR) is 66.3 cm³/mol. The Bertz CT molecular complexity index is 446. The van der Waals surface area contributed by atoms with Gasteiger partial charge >= 0.3 is 0 Å². The van der Waals surface area contributed by atoms with Gasteiger partial charge in [0.2, 0.25) is 10.0 Å². The monoisotopic (exact) mass is 280 g/mol. The van der Waals surface area contributed by atoms with Gasteiger partial charge in [-0.1, -0.05) is 0 Å². The molecular formula is C9H17ClN4O2S. The number of aromatic nitrogens is 3. The Morgan fingerprint density at radius 3 is 2.76 bits per heavy atom. The lowest BCUT2D eigenvalue weighted by Crippen LogP contribution is -2.30. The first-order valence-electron chi connectivity index (χ1n) is 5.36. The van der Waals surface area contributed by atoms with Crippen LogP contribution in [0.5, 0.6) is 0 Å². The fourth-order valence-electron chi connectivity index (χ4n) is 1.45. The molecule has 0 aliphatic heterocycles. The van der Waals surface area contributed by atoms with Crippen molar-refractivity contribution in [1.82, 2.24) is 19.5 Å². The van der Waals surface area contributed by atoms with Gasteiger partial charge in [-0.15, -0.1) is 21.8 Å². The Labute approximate surface area is 106 Å². The summed E-state index contributed by atoms with van der Waals surface area (Å²) in [5, 5.41) is 7.57. The second-order valence-corrected chi connectivity index (χ2v) is 6.11. The minimum absolute atomic E-state index is 0.0852. The van der Waals surface area contributed by atoms with Crippen molar-refractivity contribution in [3.63, 3.8) is 0 Å². The lowest BCUT2D eigenvalue weighted by molar-refractivity contribution is 0.550. The van der Waals surface area contributed by atoms with Crippen LogP contribution in [0.3, 0.4) is 0 Å². The van der Waals surface area contributed by atoms with Crippen molar-refractivity contribution in [2.45, 2.75) is 25.8 Å². The molecule has 8 heteroatoms. The van der Waals surface area contributed by atoms with Crippen LogP contribution in [0.4, 0.5) is 0 Å². The second kappa shape index (κ2) is 6.32. The molecule has 1 N–H and O–H groups in total. The molecule has 0 amide bonds. The van der Waals surface area contributed by atoms with E-state index in [1.807, 2.05) is 0 Å². The van der Waals surface area contributed by atoms with E-state index in [0.29, 0.717) is 24.5 Å². The van der Waals surface area contributed by atoms with Gasteiger partial charge in [-0.3, -0.25) is 0 Å². The van der Waals surface area contributed by atoms with Crippen molar-refractivity contribution in [2.75, 3.05) is 11.6 Å². The van der Waals surface area contributed by atoms with Crippen LogP contribution < -0.4 is 4.72 Å². The zero-order valence-corrected chi connectivity index (χ0v) is 11.5. The van der Waals surface area contributed by atoms with Gasteiger partial charge < -0.3 is 4.57 Å². The highest BCUT2D eigenvalue weighted by atomic mass is 35.5. The van der Waals surface area contributed by atoms with E-state index >= 15 is 0 Å². The number of unbranched alkanes of at least 4 members (excludes halogenated alkanes) is 1. The van der Waals surface area contributed by atoms with Crippen molar-refractivity contribution in [1.29, 1.82) is 0 Å². The quantitative estimate of drug-likeness (QED) is 0.592. The van der Waals surface area contributed by atoms with Gasteiger partial charge in [0, 0.05) is 12.9 Å². The Balaban J connectivity index is 2.56. The summed E-state index contributed by atoms with van der Waals surface area (Å²) in [5.41, 5.74) is 0. The zero-order chi connectivity index (χ0) is 12.9. The van der Waals surface area contributed by atoms with Crippen molar-refractivity contribution in [3.05, 3.63) is 12.2 Å². The van der Waals surface area contributed by atoms with Crippen LogP contribution in [-0.4, -0.2) is 34.8 Å².